The van der Waals surface area contributed by atoms with E-state index < -0.39 is 31.7 Å². The molecule has 6 aromatic heterocycles. The highest BCUT2D eigenvalue weighted by atomic mass is 32.3. The van der Waals surface area contributed by atoms with Gasteiger partial charge in [-0.25, -0.2) is 31.6 Å². The molecule has 5 N–H and O–H groups in total. The highest BCUT2D eigenvalue weighted by Crippen LogP contribution is 2.38. The summed E-state index contributed by atoms with van der Waals surface area (Å²) in [6.45, 7) is 9.33. The fraction of sp³-hybridized carbons (Fsp3) is 0.205. The minimum Gasteiger partial charge on any atom is -0.444 e. The maximum atomic E-state index is 13.1. The van der Waals surface area contributed by atoms with Crippen LogP contribution in [0.2, 0.25) is 0 Å². The van der Waals surface area contributed by atoms with Crippen molar-refractivity contribution in [2.24, 2.45) is 0 Å². The molecule has 0 aliphatic rings. The third-order valence-corrected chi connectivity index (χ3v) is 17.1. The molecule has 14 nitrogen and oxygen atoms in total. The second kappa shape index (κ2) is 16.1. The molecule has 0 saturated carbocycles. The van der Waals surface area contributed by atoms with Gasteiger partial charge in [0.25, 0.3) is 20.0 Å². The van der Waals surface area contributed by atoms with Crippen molar-refractivity contribution in [3.8, 4) is 21.4 Å². The van der Waals surface area contributed by atoms with Gasteiger partial charge in [0.15, 0.2) is 0 Å². The molecule has 1 amide bonds. The van der Waals surface area contributed by atoms with Crippen LogP contribution in [0.5, 0.6) is 0 Å². The maximum Gasteiger partial charge on any atom is 0.413 e. The van der Waals surface area contributed by atoms with Crippen LogP contribution < -0.4 is 19.7 Å². The van der Waals surface area contributed by atoms with Gasteiger partial charge in [-0.3, -0.25) is 13.9 Å². The van der Waals surface area contributed by atoms with Gasteiger partial charge in [-0.1, -0.05) is 24.3 Å². The average Bonchev–Trinajstić information content (AvgIpc) is 4.01. The quantitative estimate of drug-likeness (QED) is 0.109. The second-order valence-corrected chi connectivity index (χ2v) is 22.3. The van der Waals surface area contributed by atoms with E-state index in [2.05, 4.69) is 25.3 Å². The Bertz CT molecular complexity index is 3010. The van der Waals surface area contributed by atoms with Crippen molar-refractivity contribution in [1.29, 1.82) is 0 Å². The molecule has 0 fully saturated rings. The lowest BCUT2D eigenvalue weighted by molar-refractivity contribution is 0.0635. The number of aryl methyl sites for hydroxylation is 2. The van der Waals surface area contributed by atoms with E-state index in [0.717, 1.165) is 43.8 Å². The van der Waals surface area contributed by atoms with E-state index in [1.165, 1.54) is 54.0 Å². The smallest absolute Gasteiger partial charge is 0.413 e. The Labute approximate surface area is 357 Å². The number of anilines is 4. The Morgan fingerprint density at radius 3 is 1.63 bits per heavy atom. The number of nitrogen functional groups attached to an aromatic ring is 1. The van der Waals surface area contributed by atoms with Crippen LogP contribution in [-0.4, -0.2) is 62.6 Å². The largest absolute Gasteiger partial charge is 0.444 e. The number of carbonyl (C=O) groups excluding carboxylic acids is 1. The number of aromatic nitrogens is 4. The van der Waals surface area contributed by atoms with E-state index in [4.69, 9.17) is 10.5 Å². The Balaban J connectivity index is 0.000000184. The third kappa shape index (κ3) is 8.59. The number of nitrogens with two attached hydrogens (primary N) is 1. The van der Waals surface area contributed by atoms with Crippen LogP contribution in [0.3, 0.4) is 0 Å². The lowest BCUT2D eigenvalue weighted by Crippen LogP contribution is -2.27. The van der Waals surface area contributed by atoms with Gasteiger partial charge >= 0.3 is 6.09 Å². The molecule has 8 rings (SSSR count). The molecule has 308 valence electrons. The number of benzene rings is 2. The lowest BCUT2D eigenvalue weighted by atomic mass is 10.1. The molecule has 59 heavy (non-hydrogen) atoms. The number of nitrogens with zero attached hydrogens (tertiary/aromatic N) is 4. The summed E-state index contributed by atoms with van der Waals surface area (Å²) in [7, 11) is -4.16. The van der Waals surface area contributed by atoms with Crippen LogP contribution in [-0.2, 0) is 24.8 Å². The topological polar surface area (TPSA) is 196 Å². The number of H-pyrrole nitrogens is 2. The molecule has 0 saturated heterocycles. The van der Waals surface area contributed by atoms with Crippen molar-refractivity contribution in [2.75, 3.05) is 33.8 Å². The van der Waals surface area contributed by atoms with Gasteiger partial charge in [0.1, 0.15) is 35.7 Å². The number of thiophene rings is 2. The summed E-state index contributed by atoms with van der Waals surface area (Å²) in [5, 5.41) is 12.9. The van der Waals surface area contributed by atoms with Gasteiger partial charge in [0, 0.05) is 35.6 Å². The van der Waals surface area contributed by atoms with Crippen molar-refractivity contribution in [2.45, 2.75) is 48.6 Å². The first-order valence-electron chi connectivity index (χ1n) is 17.8. The molecule has 2 aromatic carbocycles. The molecular formula is C39H40N8O6S6. The van der Waals surface area contributed by atoms with E-state index in [1.807, 2.05) is 44.2 Å². The van der Waals surface area contributed by atoms with Crippen LogP contribution in [0.1, 0.15) is 31.9 Å². The molecule has 0 radical (unpaired) electrons. The lowest BCUT2D eigenvalue weighted by Gasteiger charge is -2.19. The van der Waals surface area contributed by atoms with Gasteiger partial charge < -0.3 is 20.4 Å². The number of thiazole rings is 2. The van der Waals surface area contributed by atoms with Crippen molar-refractivity contribution < 1.29 is 26.4 Å². The molecule has 0 atom stereocenters. The summed E-state index contributed by atoms with van der Waals surface area (Å²) in [6, 6.07) is 18.0. The third-order valence-electron chi connectivity index (χ3n) is 8.99. The van der Waals surface area contributed by atoms with Crippen molar-refractivity contribution >= 4 is 116 Å². The zero-order chi connectivity index (χ0) is 42.4. The monoisotopic (exact) mass is 908 g/mol. The van der Waals surface area contributed by atoms with Crippen LogP contribution in [0.25, 0.3) is 43.2 Å². The fourth-order valence-corrected chi connectivity index (χ4v) is 12.2. The van der Waals surface area contributed by atoms with E-state index in [0.29, 0.717) is 37.7 Å². The molecule has 0 aliphatic heterocycles. The number of hydrogen-bond acceptors (Lipinski definition) is 13. The molecular weight excluding hydrogens is 869 g/mol. The minimum absolute atomic E-state index is 0.281. The molecule has 0 aliphatic carbocycles. The maximum absolute atomic E-state index is 13.1. The number of aromatic amines is 2. The average molecular weight is 909 g/mol. The van der Waals surface area contributed by atoms with Crippen molar-refractivity contribution in [3.63, 3.8) is 0 Å². The van der Waals surface area contributed by atoms with Gasteiger partial charge in [0.05, 0.1) is 33.8 Å². The number of sulfonamides is 2. The second-order valence-electron chi connectivity index (χ2n) is 14.3. The van der Waals surface area contributed by atoms with E-state index >= 15 is 0 Å². The Kier molecular flexibility index (Phi) is 11.4. The van der Waals surface area contributed by atoms with E-state index in [9.17, 15) is 21.6 Å². The first kappa shape index (κ1) is 41.9. The number of amides is 1. The number of carbonyl (C=O) groups is 1. The first-order valence-corrected chi connectivity index (χ1v) is 24.2. The summed E-state index contributed by atoms with van der Waals surface area (Å²) in [5.74, 6) is 0.857. The SMILES string of the molecule is Cc1ccc(N(C)S(=O)(=O)c2cccs2)c2[nH]c(-c3nc(N)cs3)cc12.Cc1ccc(N(C)S(=O)(=O)c2cccs2)c2[nH]c(-c3nc(NC(=O)OC(C)(C)C)cs3)cc12. The molecule has 0 unspecified atom stereocenters. The Morgan fingerprint density at radius 2 is 1.20 bits per heavy atom. The van der Waals surface area contributed by atoms with E-state index in [-0.39, 0.29) is 4.21 Å². The minimum atomic E-state index is -3.68. The summed E-state index contributed by atoms with van der Waals surface area (Å²) >= 11 is 5.19. The molecule has 8 aromatic rings. The fourth-order valence-electron chi connectivity index (χ4n) is 6.07. The molecule has 0 spiro atoms. The summed E-state index contributed by atoms with van der Waals surface area (Å²) in [6.07, 6.45) is -0.575. The van der Waals surface area contributed by atoms with Crippen molar-refractivity contribution in [3.05, 3.63) is 93.3 Å². The van der Waals surface area contributed by atoms with Crippen LogP contribution in [0, 0.1) is 13.8 Å². The van der Waals surface area contributed by atoms with Gasteiger partial charge in [0.2, 0.25) is 0 Å². The zero-order valence-corrected chi connectivity index (χ0v) is 37.7. The summed E-state index contributed by atoms with van der Waals surface area (Å²) < 4.78 is 60.4. The van der Waals surface area contributed by atoms with Gasteiger partial charge in [-0.05, 0) is 92.9 Å². The molecule has 20 heteroatoms. The summed E-state index contributed by atoms with van der Waals surface area (Å²) in [4.78, 5) is 27.5. The number of nitrogens with one attached hydrogen (secondary N) is 3. The summed E-state index contributed by atoms with van der Waals surface area (Å²) in [5.41, 5.74) is 11.3. The zero-order valence-electron chi connectivity index (χ0n) is 32.8. The highest BCUT2D eigenvalue weighted by Gasteiger charge is 2.27. The van der Waals surface area contributed by atoms with Gasteiger partial charge in [-0.15, -0.1) is 45.3 Å². The first-order chi connectivity index (χ1) is 27.8. The van der Waals surface area contributed by atoms with Crippen LogP contribution in [0.15, 0.2) is 90.6 Å². The Morgan fingerprint density at radius 1 is 0.729 bits per heavy atom. The predicted molar refractivity (Wildman–Crippen MR) is 242 cm³/mol. The molecule has 6 heterocycles. The van der Waals surface area contributed by atoms with Crippen LogP contribution >= 0.6 is 45.3 Å². The number of ether oxygens (including phenoxy) is 1. The molecule has 0 bridgehead atoms. The predicted octanol–water partition coefficient (Wildman–Crippen LogP) is 9.90. The highest BCUT2D eigenvalue weighted by molar-refractivity contribution is 7.95. The normalized spacial score (nSPS) is 12.1. The standard InChI is InChI=1S/C22H24N4O4S3.C17H16N4O2S3/c1-13-8-9-16(26(5)33(28,29)18-7-6-10-31-18)19-14(13)11-15(23-19)20-24-17(12-32-20)25-21(27)30-22(2,3)4;1-10-5-6-13(21(2)26(22,23)15-4-3-7-24-15)16-11(10)8-12(19-16)17-20-14(18)9-25-17/h6-12,23H,1-5H3,(H,25,27);3-9,19H,18H2,1-2H3. The van der Waals surface area contributed by atoms with E-state index in [1.54, 1.807) is 86.7 Å². The Hall–Kier alpha value is -5.25. The van der Waals surface area contributed by atoms with Gasteiger partial charge in [-0.2, -0.15) is 0 Å². The van der Waals surface area contributed by atoms with Crippen LogP contribution in [0.4, 0.5) is 27.8 Å². The number of hydrogen-bond donors (Lipinski definition) is 4. The number of fused-ring (bicyclic) bond motifs is 2. The van der Waals surface area contributed by atoms with Crippen molar-refractivity contribution in [1.82, 2.24) is 19.9 Å². The number of rotatable bonds is 9.